The van der Waals surface area contributed by atoms with Crippen LogP contribution in [0.3, 0.4) is 0 Å². The number of imidazole rings is 1. The molecule has 0 aliphatic carbocycles. The lowest BCUT2D eigenvalue weighted by molar-refractivity contribution is 0.00126. The Morgan fingerprint density at radius 1 is 1.07 bits per heavy atom. The number of aromatic nitrogens is 5. The van der Waals surface area contributed by atoms with Crippen LogP contribution in [0.1, 0.15) is 17.4 Å². The van der Waals surface area contributed by atoms with Gasteiger partial charge in [0.2, 0.25) is 5.82 Å². The molecule has 0 N–H and O–H groups in total. The van der Waals surface area contributed by atoms with Gasteiger partial charge in [-0.05, 0) is 18.2 Å². The highest BCUT2D eigenvalue weighted by Crippen LogP contribution is 2.32. The third-order valence-electron chi connectivity index (χ3n) is 4.50. The third-order valence-corrected chi connectivity index (χ3v) is 4.50. The van der Waals surface area contributed by atoms with E-state index in [4.69, 9.17) is 9.26 Å². The molecule has 0 bridgehead atoms. The molecule has 0 radical (unpaired) electrons. The van der Waals surface area contributed by atoms with Crippen LogP contribution in [0.5, 0.6) is 0 Å². The first-order valence-electron chi connectivity index (χ1n) is 8.45. The Morgan fingerprint density at radius 3 is 2.81 bits per heavy atom. The molecule has 3 aromatic heterocycles. The van der Waals surface area contributed by atoms with Crippen LogP contribution in [0, 0.1) is 5.82 Å². The second kappa shape index (κ2) is 6.40. The summed E-state index contributed by atoms with van der Waals surface area (Å²) in [7, 11) is 0. The van der Waals surface area contributed by atoms with E-state index in [1.165, 1.54) is 6.07 Å². The van der Waals surface area contributed by atoms with Crippen molar-refractivity contribution in [3.8, 4) is 23.1 Å². The number of benzene rings is 1. The molecule has 1 aliphatic heterocycles. The zero-order valence-corrected chi connectivity index (χ0v) is 14.1. The predicted octanol–water partition coefficient (Wildman–Crippen LogP) is 3.41. The first kappa shape index (κ1) is 15.8. The number of pyridine rings is 1. The van der Waals surface area contributed by atoms with Gasteiger partial charge in [-0.3, -0.25) is 4.98 Å². The van der Waals surface area contributed by atoms with Crippen LogP contribution < -0.4 is 0 Å². The molecule has 0 spiro atoms. The summed E-state index contributed by atoms with van der Waals surface area (Å²) in [4.78, 5) is 13.0. The van der Waals surface area contributed by atoms with Gasteiger partial charge in [-0.25, -0.2) is 9.37 Å². The van der Waals surface area contributed by atoms with Crippen LogP contribution >= 0.6 is 0 Å². The molecule has 7 nitrogen and oxygen atoms in total. The minimum Gasteiger partial charge on any atom is -0.365 e. The first-order chi connectivity index (χ1) is 13.3. The molecule has 1 atom stereocenters. The highest BCUT2D eigenvalue weighted by atomic mass is 19.1. The summed E-state index contributed by atoms with van der Waals surface area (Å²) in [5, 5.41) is 3.98. The fourth-order valence-electron chi connectivity index (χ4n) is 3.15. The molecule has 4 aromatic rings. The topological polar surface area (TPSA) is 78.9 Å². The summed E-state index contributed by atoms with van der Waals surface area (Å²) in [5.74, 6) is 0.425. The van der Waals surface area contributed by atoms with Gasteiger partial charge in [0.1, 0.15) is 17.6 Å². The standard InChI is InChI=1S/C19H14FN5O2/c20-13-6-2-1-5-12(13)16-9-25-11-22-17(15(25)10-26-16)19-23-18(24-27-19)14-7-3-4-8-21-14/h1-8,11,16H,9-10H2/t16-/m1/s1. The Kier molecular flexibility index (Phi) is 3.75. The van der Waals surface area contributed by atoms with E-state index in [0.29, 0.717) is 35.2 Å². The maximum atomic E-state index is 14.0. The van der Waals surface area contributed by atoms with Crippen molar-refractivity contribution in [2.75, 3.05) is 0 Å². The lowest BCUT2D eigenvalue weighted by atomic mass is 10.1. The molecular weight excluding hydrogens is 349 g/mol. The molecule has 0 saturated heterocycles. The van der Waals surface area contributed by atoms with Crippen molar-refractivity contribution in [2.24, 2.45) is 0 Å². The van der Waals surface area contributed by atoms with E-state index in [9.17, 15) is 4.39 Å². The van der Waals surface area contributed by atoms with E-state index in [-0.39, 0.29) is 18.5 Å². The fourth-order valence-corrected chi connectivity index (χ4v) is 3.15. The molecule has 0 amide bonds. The van der Waals surface area contributed by atoms with Gasteiger partial charge < -0.3 is 13.8 Å². The van der Waals surface area contributed by atoms with Crippen molar-refractivity contribution in [1.82, 2.24) is 24.7 Å². The van der Waals surface area contributed by atoms with Crippen LogP contribution in [0.2, 0.25) is 0 Å². The second-order valence-corrected chi connectivity index (χ2v) is 6.15. The summed E-state index contributed by atoms with van der Waals surface area (Å²) in [6.07, 6.45) is 2.99. The maximum Gasteiger partial charge on any atom is 0.278 e. The fraction of sp³-hybridized carbons (Fsp3) is 0.158. The van der Waals surface area contributed by atoms with E-state index >= 15 is 0 Å². The number of hydrogen-bond donors (Lipinski definition) is 0. The molecule has 5 rings (SSSR count). The van der Waals surface area contributed by atoms with Crippen LogP contribution in [0.15, 0.2) is 59.5 Å². The normalized spacial score (nSPS) is 16.3. The highest BCUT2D eigenvalue weighted by molar-refractivity contribution is 5.56. The van der Waals surface area contributed by atoms with Gasteiger partial charge in [-0.1, -0.05) is 29.4 Å². The number of halogens is 1. The van der Waals surface area contributed by atoms with Crippen LogP contribution in [-0.4, -0.2) is 24.7 Å². The summed E-state index contributed by atoms with van der Waals surface area (Å²) in [6.45, 7) is 0.736. The molecule has 0 unspecified atom stereocenters. The van der Waals surface area contributed by atoms with Crippen molar-refractivity contribution in [3.63, 3.8) is 0 Å². The number of fused-ring (bicyclic) bond motifs is 1. The van der Waals surface area contributed by atoms with Gasteiger partial charge in [0.05, 0.1) is 25.2 Å². The van der Waals surface area contributed by atoms with Crippen molar-refractivity contribution in [1.29, 1.82) is 0 Å². The van der Waals surface area contributed by atoms with E-state index in [0.717, 1.165) is 5.69 Å². The molecule has 8 heteroatoms. The van der Waals surface area contributed by atoms with Crippen LogP contribution in [-0.2, 0) is 17.9 Å². The molecule has 0 saturated carbocycles. The lowest BCUT2D eigenvalue weighted by Gasteiger charge is -2.25. The summed E-state index contributed by atoms with van der Waals surface area (Å²) >= 11 is 0. The van der Waals surface area contributed by atoms with Gasteiger partial charge in [0, 0.05) is 11.8 Å². The number of nitrogens with zero attached hydrogens (tertiary/aromatic N) is 5. The van der Waals surface area contributed by atoms with Gasteiger partial charge in [0.25, 0.3) is 5.89 Å². The van der Waals surface area contributed by atoms with Gasteiger partial charge in [-0.15, -0.1) is 0 Å². The number of rotatable bonds is 3. The van der Waals surface area contributed by atoms with Crippen molar-refractivity contribution in [3.05, 3.63) is 72.1 Å². The van der Waals surface area contributed by atoms with Crippen molar-refractivity contribution in [2.45, 2.75) is 19.3 Å². The predicted molar refractivity (Wildman–Crippen MR) is 92.7 cm³/mol. The summed E-state index contributed by atoms with van der Waals surface area (Å²) in [6, 6.07) is 12.1. The molecule has 1 aliphatic rings. The van der Waals surface area contributed by atoms with E-state index in [1.807, 2.05) is 16.7 Å². The quantitative estimate of drug-likeness (QED) is 0.555. The number of hydrogen-bond acceptors (Lipinski definition) is 6. The Balaban J connectivity index is 1.44. The van der Waals surface area contributed by atoms with Crippen molar-refractivity contribution < 1.29 is 13.7 Å². The molecule has 134 valence electrons. The minimum atomic E-state index is -0.368. The average molecular weight is 363 g/mol. The zero-order chi connectivity index (χ0) is 18.2. The smallest absolute Gasteiger partial charge is 0.278 e. The van der Waals surface area contributed by atoms with E-state index < -0.39 is 0 Å². The summed E-state index contributed by atoms with van der Waals surface area (Å²) in [5.41, 5.74) is 2.54. The largest absolute Gasteiger partial charge is 0.365 e. The Hall–Kier alpha value is -3.39. The second-order valence-electron chi connectivity index (χ2n) is 6.15. The SMILES string of the molecule is Fc1ccccc1[C@H]1Cn2cnc(-c3nc(-c4ccccn4)no3)c2CO1. The Bertz CT molecular complexity index is 1090. The third kappa shape index (κ3) is 2.80. The van der Waals surface area contributed by atoms with Crippen molar-refractivity contribution >= 4 is 0 Å². The lowest BCUT2D eigenvalue weighted by Crippen LogP contribution is -2.21. The van der Waals surface area contributed by atoms with Gasteiger partial charge >= 0.3 is 0 Å². The van der Waals surface area contributed by atoms with E-state index in [1.54, 1.807) is 36.8 Å². The Labute approximate surface area is 153 Å². The Morgan fingerprint density at radius 2 is 1.96 bits per heavy atom. The minimum absolute atomic E-state index is 0.273. The summed E-state index contributed by atoms with van der Waals surface area (Å²) < 4.78 is 27.2. The monoisotopic (exact) mass is 363 g/mol. The first-order valence-corrected chi connectivity index (χ1v) is 8.45. The molecule has 4 heterocycles. The molecule has 1 aromatic carbocycles. The molecule has 0 fully saturated rings. The van der Waals surface area contributed by atoms with E-state index in [2.05, 4.69) is 20.1 Å². The van der Waals surface area contributed by atoms with Gasteiger partial charge in [-0.2, -0.15) is 4.98 Å². The maximum absolute atomic E-state index is 14.0. The average Bonchev–Trinajstić information content (AvgIpc) is 3.35. The van der Waals surface area contributed by atoms with Crippen LogP contribution in [0.4, 0.5) is 4.39 Å². The highest BCUT2D eigenvalue weighted by Gasteiger charge is 2.27. The zero-order valence-electron chi connectivity index (χ0n) is 14.1. The number of ether oxygens (including phenoxy) is 1. The molecule has 27 heavy (non-hydrogen) atoms. The van der Waals surface area contributed by atoms with Gasteiger partial charge in [0.15, 0.2) is 5.69 Å². The van der Waals surface area contributed by atoms with Crippen LogP contribution in [0.25, 0.3) is 23.1 Å². The molecular formula is C19H14FN5O2.